The molecular formula is C25H25Cl2N7O2. The minimum atomic E-state index is -0.379. The van der Waals surface area contributed by atoms with E-state index in [1.807, 2.05) is 37.1 Å². The highest BCUT2D eigenvalue weighted by Crippen LogP contribution is 2.35. The Morgan fingerprint density at radius 1 is 1.22 bits per heavy atom. The number of amides is 1. The van der Waals surface area contributed by atoms with E-state index in [4.69, 9.17) is 32.9 Å². The summed E-state index contributed by atoms with van der Waals surface area (Å²) in [6, 6.07) is 5.68. The highest BCUT2D eigenvalue weighted by molar-refractivity contribution is 6.35. The van der Waals surface area contributed by atoms with Crippen LogP contribution in [0.1, 0.15) is 42.8 Å². The molecule has 1 saturated heterocycles. The number of carbonyl (C=O) groups excluding carboxylic acids is 1. The topological polar surface area (TPSA) is 103 Å². The van der Waals surface area contributed by atoms with Gasteiger partial charge in [-0.25, -0.2) is 4.98 Å². The first-order valence-corrected chi connectivity index (χ1v) is 12.7. The quantitative estimate of drug-likeness (QED) is 0.390. The number of benzene rings is 1. The van der Waals surface area contributed by atoms with Crippen molar-refractivity contribution in [1.82, 2.24) is 34.9 Å². The van der Waals surface area contributed by atoms with Gasteiger partial charge in [0.25, 0.3) is 0 Å². The van der Waals surface area contributed by atoms with Gasteiger partial charge >= 0.3 is 0 Å². The van der Waals surface area contributed by atoms with Gasteiger partial charge in [0.05, 0.1) is 46.1 Å². The van der Waals surface area contributed by atoms with Gasteiger partial charge in [-0.1, -0.05) is 23.2 Å². The summed E-state index contributed by atoms with van der Waals surface area (Å²) >= 11 is 12.6. The van der Waals surface area contributed by atoms with Gasteiger partial charge in [-0.05, 0) is 51.6 Å². The lowest BCUT2D eigenvalue weighted by molar-refractivity contribution is -0.136. The molecule has 36 heavy (non-hydrogen) atoms. The fraction of sp³-hybridized carbons (Fsp3) is 0.360. The number of hydrogen-bond acceptors (Lipinski definition) is 6. The lowest BCUT2D eigenvalue weighted by Gasteiger charge is -2.24. The zero-order valence-electron chi connectivity index (χ0n) is 19.9. The number of rotatable bonds is 5. The van der Waals surface area contributed by atoms with Crippen molar-refractivity contribution in [2.45, 2.75) is 45.0 Å². The number of fused-ring (bicyclic) bond motifs is 2. The molecule has 0 aliphatic carbocycles. The second kappa shape index (κ2) is 9.06. The summed E-state index contributed by atoms with van der Waals surface area (Å²) in [7, 11) is 2.02. The predicted octanol–water partition coefficient (Wildman–Crippen LogP) is 4.73. The van der Waals surface area contributed by atoms with Crippen molar-refractivity contribution in [2.75, 3.05) is 13.6 Å². The van der Waals surface area contributed by atoms with Crippen LogP contribution in [-0.2, 0) is 17.9 Å². The maximum atomic E-state index is 13.0. The fourth-order valence-corrected chi connectivity index (χ4v) is 5.83. The Morgan fingerprint density at radius 3 is 2.75 bits per heavy atom. The molecule has 5 heterocycles. The third kappa shape index (κ3) is 4.01. The Hall–Kier alpha value is -3.14. The van der Waals surface area contributed by atoms with Crippen LogP contribution in [0.3, 0.4) is 0 Å². The van der Waals surface area contributed by atoms with Gasteiger partial charge in [0, 0.05) is 23.3 Å². The number of imidazole rings is 1. The first-order valence-electron chi connectivity index (χ1n) is 11.9. The van der Waals surface area contributed by atoms with Crippen molar-refractivity contribution in [3.05, 3.63) is 57.6 Å². The van der Waals surface area contributed by atoms with E-state index in [0.717, 1.165) is 41.7 Å². The molecular weight excluding hydrogens is 501 g/mol. The number of carbonyl (C=O) groups is 1. The first kappa shape index (κ1) is 23.3. The van der Waals surface area contributed by atoms with E-state index in [1.165, 1.54) is 0 Å². The number of halogens is 2. The van der Waals surface area contributed by atoms with Crippen LogP contribution in [0.5, 0.6) is 5.75 Å². The van der Waals surface area contributed by atoms with Crippen molar-refractivity contribution in [2.24, 2.45) is 0 Å². The second-order valence-corrected chi connectivity index (χ2v) is 10.2. The number of likely N-dealkylation sites (N-methyl/N-ethyl adjacent to an activating group) is 1. The highest BCUT2D eigenvalue weighted by Gasteiger charge is 2.35. The monoisotopic (exact) mass is 525 g/mol. The Bertz CT molecular complexity index is 1420. The van der Waals surface area contributed by atoms with Gasteiger partial charge < -0.3 is 14.6 Å². The Labute approximate surface area is 217 Å². The number of aromatic amines is 2. The fourth-order valence-electron chi connectivity index (χ4n) is 5.16. The molecule has 186 valence electrons. The zero-order chi connectivity index (χ0) is 25.0. The van der Waals surface area contributed by atoms with E-state index in [0.29, 0.717) is 46.0 Å². The van der Waals surface area contributed by atoms with Crippen LogP contribution in [0.2, 0.25) is 10.0 Å². The summed E-state index contributed by atoms with van der Waals surface area (Å²) in [6.45, 7) is 3.90. The van der Waals surface area contributed by atoms with E-state index in [1.54, 1.807) is 12.4 Å². The maximum absolute atomic E-state index is 13.0. The van der Waals surface area contributed by atoms with Gasteiger partial charge in [0.15, 0.2) is 5.82 Å². The molecule has 11 heteroatoms. The number of H-pyrrole nitrogens is 2. The van der Waals surface area contributed by atoms with Crippen LogP contribution in [0.25, 0.3) is 22.4 Å². The molecule has 2 aliphatic rings. The molecule has 2 aliphatic heterocycles. The van der Waals surface area contributed by atoms with Crippen molar-refractivity contribution in [3.63, 3.8) is 0 Å². The summed E-state index contributed by atoms with van der Waals surface area (Å²) in [6.07, 6.45) is 4.71. The second-order valence-electron chi connectivity index (χ2n) is 9.40. The average molecular weight is 526 g/mol. The van der Waals surface area contributed by atoms with E-state index in [2.05, 4.69) is 25.1 Å². The minimum absolute atomic E-state index is 0.0264. The largest absolute Gasteiger partial charge is 0.486 e. The van der Waals surface area contributed by atoms with Crippen molar-refractivity contribution in [1.29, 1.82) is 0 Å². The van der Waals surface area contributed by atoms with Gasteiger partial charge in [0.1, 0.15) is 17.5 Å². The van der Waals surface area contributed by atoms with Crippen LogP contribution in [0.4, 0.5) is 0 Å². The summed E-state index contributed by atoms with van der Waals surface area (Å²) in [5.74, 6) is 1.50. The van der Waals surface area contributed by atoms with Gasteiger partial charge in [-0.3, -0.25) is 19.8 Å². The molecule has 4 aromatic rings. The summed E-state index contributed by atoms with van der Waals surface area (Å²) in [5, 5.41) is 9.35. The SMILES string of the molecule is C[C@@H](Oc1ccc2[nH]nc(-c3nc4c([nH]3)CN(C(=O)[C@@H]3CCCN3C)C4)c2c1)c1c(Cl)cncc1Cl. The molecule has 3 aromatic heterocycles. The molecule has 2 atom stereocenters. The number of ether oxygens (including phenoxy) is 1. The van der Waals surface area contributed by atoms with E-state index >= 15 is 0 Å². The number of aromatic nitrogens is 5. The molecule has 0 unspecified atom stereocenters. The van der Waals surface area contributed by atoms with E-state index in [-0.39, 0.29) is 18.1 Å². The molecule has 1 aromatic carbocycles. The standard InChI is InChI=1S/C25H25Cl2N7O2/c1-13(22-16(26)9-28-10-17(22)27)36-14-5-6-18-15(8-14)23(32-31-18)24-29-19-11-34(12-20(19)30-24)25(35)21-4-3-7-33(21)2/h5-6,8-10,13,21H,3-4,7,11-12H2,1-2H3,(H,29,30)(H,31,32)/t13-,21+/m1/s1. The van der Waals surface area contributed by atoms with Crippen molar-refractivity contribution < 1.29 is 9.53 Å². The van der Waals surface area contributed by atoms with Crippen LogP contribution in [0.15, 0.2) is 30.6 Å². The summed E-state index contributed by atoms with van der Waals surface area (Å²) in [4.78, 5) is 29.2. The molecule has 6 rings (SSSR count). The first-order chi connectivity index (χ1) is 17.4. The average Bonchev–Trinajstić information content (AvgIpc) is 3.61. The van der Waals surface area contributed by atoms with Crippen LogP contribution in [-0.4, -0.2) is 60.5 Å². The number of nitrogens with zero attached hydrogens (tertiary/aromatic N) is 5. The van der Waals surface area contributed by atoms with Gasteiger partial charge in [-0.2, -0.15) is 5.10 Å². The van der Waals surface area contributed by atoms with Gasteiger partial charge in [0.2, 0.25) is 5.91 Å². The van der Waals surface area contributed by atoms with Crippen LogP contribution >= 0.6 is 23.2 Å². The summed E-state index contributed by atoms with van der Waals surface area (Å²) in [5.41, 5.74) is 4.09. The third-order valence-electron chi connectivity index (χ3n) is 7.04. The Balaban J connectivity index is 1.23. The van der Waals surface area contributed by atoms with Crippen LogP contribution in [0, 0.1) is 0 Å². The van der Waals surface area contributed by atoms with Crippen LogP contribution < -0.4 is 4.74 Å². The molecule has 9 nitrogen and oxygen atoms in total. The van der Waals surface area contributed by atoms with Crippen molar-refractivity contribution in [3.8, 4) is 17.3 Å². The minimum Gasteiger partial charge on any atom is -0.486 e. The van der Waals surface area contributed by atoms with Crippen molar-refractivity contribution >= 4 is 40.0 Å². The molecule has 0 radical (unpaired) electrons. The lowest BCUT2D eigenvalue weighted by atomic mass is 10.1. The molecule has 0 saturated carbocycles. The number of pyridine rings is 1. The molecule has 0 spiro atoms. The molecule has 0 bridgehead atoms. The maximum Gasteiger partial charge on any atom is 0.240 e. The van der Waals surface area contributed by atoms with E-state index in [9.17, 15) is 4.79 Å². The predicted molar refractivity (Wildman–Crippen MR) is 137 cm³/mol. The van der Waals surface area contributed by atoms with E-state index < -0.39 is 0 Å². The number of nitrogens with one attached hydrogen (secondary N) is 2. The molecule has 2 N–H and O–H groups in total. The third-order valence-corrected chi connectivity index (χ3v) is 7.64. The van der Waals surface area contributed by atoms with Gasteiger partial charge in [-0.15, -0.1) is 0 Å². The molecule has 1 amide bonds. The smallest absolute Gasteiger partial charge is 0.240 e. The normalized spacial score (nSPS) is 18.7. The Kier molecular flexibility index (Phi) is 5.86. The molecule has 1 fully saturated rings. The number of hydrogen-bond donors (Lipinski definition) is 2. The summed E-state index contributed by atoms with van der Waals surface area (Å²) < 4.78 is 6.17. The highest BCUT2D eigenvalue weighted by atomic mass is 35.5. The zero-order valence-corrected chi connectivity index (χ0v) is 21.4. The lowest BCUT2D eigenvalue weighted by Crippen LogP contribution is -2.42. The Morgan fingerprint density at radius 2 is 2.03 bits per heavy atom. The number of likely N-dealkylation sites (tertiary alicyclic amines) is 1.